The Morgan fingerprint density at radius 1 is 0.422 bits per heavy atom. The normalized spacial score (nSPS) is 13.2. The van der Waals surface area contributed by atoms with Gasteiger partial charge in [0.1, 0.15) is 24.7 Å². The van der Waals surface area contributed by atoms with Crippen LogP contribution < -0.4 is 9.47 Å². The summed E-state index contributed by atoms with van der Waals surface area (Å²) < 4.78 is 11.9. The molecule has 1 atom stereocenters. The third kappa shape index (κ3) is 5.62. The highest BCUT2D eigenvalue weighted by atomic mass is 16.5. The van der Waals surface area contributed by atoms with Gasteiger partial charge in [-0.15, -0.1) is 0 Å². The molecule has 1 unspecified atom stereocenters. The Balaban J connectivity index is 1.35. The van der Waals surface area contributed by atoms with Crippen molar-refractivity contribution in [3.05, 3.63) is 156 Å². The maximum atomic E-state index is 9.45. The molecule has 2 N–H and O–H groups in total. The van der Waals surface area contributed by atoms with E-state index in [0.717, 1.165) is 44.9 Å². The molecule has 4 heteroatoms. The SMILES string of the molecule is OCCOc1ccc(-c2ccc3c(c2)C(c2ccc(OCCO)c(-c4ccccc4)c2)c2ccccc2-3)cc1-c1ccccc1. The summed E-state index contributed by atoms with van der Waals surface area (Å²) in [7, 11) is 0. The molecule has 0 spiro atoms. The molecular formula is C41H34O4. The second-order valence-electron chi connectivity index (χ2n) is 11.2. The van der Waals surface area contributed by atoms with Crippen molar-refractivity contribution in [2.75, 3.05) is 26.4 Å². The van der Waals surface area contributed by atoms with E-state index in [1.54, 1.807) is 0 Å². The Bertz CT molecular complexity index is 1930. The third-order valence-electron chi connectivity index (χ3n) is 8.44. The van der Waals surface area contributed by atoms with Crippen molar-refractivity contribution in [1.29, 1.82) is 0 Å². The average molecular weight is 591 g/mol. The van der Waals surface area contributed by atoms with Crippen LogP contribution in [0, 0.1) is 0 Å². The number of hydrogen-bond acceptors (Lipinski definition) is 4. The molecule has 0 heterocycles. The van der Waals surface area contributed by atoms with Crippen molar-refractivity contribution in [3.63, 3.8) is 0 Å². The monoisotopic (exact) mass is 590 g/mol. The lowest BCUT2D eigenvalue weighted by atomic mass is 9.86. The van der Waals surface area contributed by atoms with E-state index in [1.807, 2.05) is 48.5 Å². The van der Waals surface area contributed by atoms with Crippen LogP contribution in [0.25, 0.3) is 44.5 Å². The molecule has 0 saturated carbocycles. The number of rotatable bonds is 10. The van der Waals surface area contributed by atoms with E-state index in [-0.39, 0.29) is 32.3 Å². The zero-order valence-corrected chi connectivity index (χ0v) is 24.9. The first-order valence-corrected chi connectivity index (χ1v) is 15.3. The fourth-order valence-electron chi connectivity index (χ4n) is 6.43. The minimum Gasteiger partial charge on any atom is -0.491 e. The molecule has 1 aliphatic carbocycles. The molecule has 0 bridgehead atoms. The first kappa shape index (κ1) is 28.6. The highest BCUT2D eigenvalue weighted by molar-refractivity contribution is 5.85. The molecular weight excluding hydrogens is 556 g/mol. The van der Waals surface area contributed by atoms with E-state index < -0.39 is 0 Å². The lowest BCUT2D eigenvalue weighted by molar-refractivity contribution is 0.202. The summed E-state index contributed by atoms with van der Waals surface area (Å²) in [6, 6.07) is 48.7. The van der Waals surface area contributed by atoms with Gasteiger partial charge in [0.2, 0.25) is 0 Å². The van der Waals surface area contributed by atoms with Crippen LogP contribution in [0.1, 0.15) is 22.6 Å². The van der Waals surface area contributed by atoms with Gasteiger partial charge in [0.15, 0.2) is 0 Å². The Labute approximate surface area is 263 Å². The Morgan fingerprint density at radius 3 is 1.62 bits per heavy atom. The van der Waals surface area contributed by atoms with Crippen LogP contribution in [0.3, 0.4) is 0 Å². The minimum atomic E-state index is -0.0390. The van der Waals surface area contributed by atoms with Crippen LogP contribution in [0.4, 0.5) is 0 Å². The maximum Gasteiger partial charge on any atom is 0.127 e. The van der Waals surface area contributed by atoms with Gasteiger partial charge in [0.05, 0.1) is 13.2 Å². The Kier molecular flexibility index (Phi) is 8.15. The summed E-state index contributed by atoms with van der Waals surface area (Å²) >= 11 is 0. The second kappa shape index (κ2) is 12.8. The molecule has 6 aromatic rings. The average Bonchev–Trinajstić information content (AvgIpc) is 3.44. The minimum absolute atomic E-state index is 0.0384. The number of fused-ring (bicyclic) bond motifs is 3. The highest BCUT2D eigenvalue weighted by Gasteiger charge is 2.31. The zero-order chi connectivity index (χ0) is 30.6. The van der Waals surface area contributed by atoms with E-state index in [9.17, 15) is 10.2 Å². The van der Waals surface area contributed by atoms with Crippen molar-refractivity contribution >= 4 is 0 Å². The van der Waals surface area contributed by atoms with Crippen LogP contribution in [0.2, 0.25) is 0 Å². The summed E-state index contributed by atoms with van der Waals surface area (Å²) in [4.78, 5) is 0. The van der Waals surface area contributed by atoms with Gasteiger partial charge >= 0.3 is 0 Å². The van der Waals surface area contributed by atoms with Gasteiger partial charge in [-0.05, 0) is 80.4 Å². The highest BCUT2D eigenvalue weighted by Crippen LogP contribution is 2.50. The van der Waals surface area contributed by atoms with Gasteiger partial charge in [-0.1, -0.05) is 109 Å². The topological polar surface area (TPSA) is 58.9 Å². The smallest absolute Gasteiger partial charge is 0.127 e. The van der Waals surface area contributed by atoms with Gasteiger partial charge in [0.25, 0.3) is 0 Å². The number of ether oxygens (including phenoxy) is 2. The third-order valence-corrected chi connectivity index (χ3v) is 8.44. The number of aliphatic hydroxyl groups is 2. The number of aliphatic hydroxyl groups excluding tert-OH is 2. The van der Waals surface area contributed by atoms with Crippen LogP contribution in [0.15, 0.2) is 140 Å². The standard InChI is InChI=1S/C41H34O4/c42-21-23-44-39-19-16-31(25-36(39)28-9-3-1-4-10-28)30-15-18-34-33-13-7-8-14-35(33)41(38(34)26-30)32-17-20-40(45-24-22-43)37(27-32)29-11-5-2-6-12-29/h1-20,25-27,41-43H,21-24H2. The lowest BCUT2D eigenvalue weighted by Gasteiger charge is -2.19. The number of benzene rings is 6. The van der Waals surface area contributed by atoms with E-state index >= 15 is 0 Å². The van der Waals surface area contributed by atoms with Crippen LogP contribution >= 0.6 is 0 Å². The molecule has 0 radical (unpaired) electrons. The molecule has 0 saturated heterocycles. The second-order valence-corrected chi connectivity index (χ2v) is 11.2. The van der Waals surface area contributed by atoms with E-state index in [4.69, 9.17) is 9.47 Å². The lowest BCUT2D eigenvalue weighted by Crippen LogP contribution is -2.05. The predicted octanol–water partition coefficient (Wildman–Crippen LogP) is 8.59. The summed E-state index contributed by atoms with van der Waals surface area (Å²) in [5.74, 6) is 1.56. The van der Waals surface area contributed by atoms with Crippen molar-refractivity contribution in [2.45, 2.75) is 5.92 Å². The first-order chi connectivity index (χ1) is 22.2. The van der Waals surface area contributed by atoms with E-state index in [1.165, 1.54) is 27.8 Å². The van der Waals surface area contributed by atoms with Crippen LogP contribution in [-0.4, -0.2) is 36.6 Å². The molecule has 7 rings (SSSR count). The Morgan fingerprint density at radius 2 is 0.956 bits per heavy atom. The summed E-state index contributed by atoms with van der Waals surface area (Å²) in [5, 5.41) is 18.8. The van der Waals surface area contributed by atoms with Gasteiger partial charge < -0.3 is 19.7 Å². The molecule has 0 aromatic heterocycles. The maximum absolute atomic E-state index is 9.45. The molecule has 45 heavy (non-hydrogen) atoms. The molecule has 4 nitrogen and oxygen atoms in total. The fourth-order valence-corrected chi connectivity index (χ4v) is 6.43. The summed E-state index contributed by atoms with van der Waals surface area (Å²) in [6.45, 7) is 0.408. The number of hydrogen-bond donors (Lipinski definition) is 2. The molecule has 6 aromatic carbocycles. The first-order valence-electron chi connectivity index (χ1n) is 15.3. The molecule has 0 aliphatic heterocycles. The fraction of sp³-hybridized carbons (Fsp3) is 0.122. The summed E-state index contributed by atoms with van der Waals surface area (Å²) in [5.41, 5.74) is 12.6. The molecule has 0 amide bonds. The molecule has 222 valence electrons. The largest absolute Gasteiger partial charge is 0.491 e. The van der Waals surface area contributed by atoms with Gasteiger partial charge in [-0.2, -0.15) is 0 Å². The van der Waals surface area contributed by atoms with Crippen molar-refractivity contribution in [1.82, 2.24) is 0 Å². The van der Waals surface area contributed by atoms with Crippen LogP contribution in [-0.2, 0) is 0 Å². The van der Waals surface area contributed by atoms with Gasteiger partial charge in [-0.25, -0.2) is 0 Å². The van der Waals surface area contributed by atoms with Crippen LogP contribution in [0.5, 0.6) is 11.5 Å². The molecule has 0 fully saturated rings. The van der Waals surface area contributed by atoms with Crippen molar-refractivity contribution in [2.24, 2.45) is 0 Å². The predicted molar refractivity (Wildman–Crippen MR) is 181 cm³/mol. The van der Waals surface area contributed by atoms with Gasteiger partial charge in [-0.3, -0.25) is 0 Å². The van der Waals surface area contributed by atoms with E-state index in [2.05, 4.69) is 91.0 Å². The zero-order valence-electron chi connectivity index (χ0n) is 24.9. The van der Waals surface area contributed by atoms with Gasteiger partial charge in [0, 0.05) is 17.0 Å². The van der Waals surface area contributed by atoms with Crippen molar-refractivity contribution in [3.8, 4) is 56.0 Å². The molecule has 1 aliphatic rings. The van der Waals surface area contributed by atoms with Crippen molar-refractivity contribution < 1.29 is 19.7 Å². The Hall–Kier alpha value is -5.16. The summed E-state index contributed by atoms with van der Waals surface area (Å²) in [6.07, 6.45) is 0. The van der Waals surface area contributed by atoms with E-state index in [0.29, 0.717) is 0 Å². The quantitative estimate of drug-likeness (QED) is 0.168.